The fraction of sp³-hybridized carbons (Fsp3) is 0.222. The number of carbonyl (C=O) groups is 1. The number of hydrogen-bond acceptors (Lipinski definition) is 3. The van der Waals surface area contributed by atoms with Crippen LogP contribution in [0.3, 0.4) is 0 Å². The molecule has 1 aromatic rings. The summed E-state index contributed by atoms with van der Waals surface area (Å²) in [6.07, 6.45) is 0. The Morgan fingerprint density at radius 1 is 1.50 bits per heavy atom. The summed E-state index contributed by atoms with van der Waals surface area (Å²) in [5.41, 5.74) is 1.24. The Balaban J connectivity index is 0.00000169. The lowest BCUT2D eigenvalue weighted by atomic mass is 10.2. The normalized spacial score (nSPS) is 8.79. The van der Waals surface area contributed by atoms with Crippen LogP contribution in [0.1, 0.15) is 10.4 Å². The van der Waals surface area contributed by atoms with Gasteiger partial charge in [-0.1, -0.05) is 11.6 Å². The van der Waals surface area contributed by atoms with Crippen LogP contribution in [0, 0.1) is 0 Å². The molecule has 3 nitrogen and oxygen atoms in total. The van der Waals surface area contributed by atoms with Gasteiger partial charge in [0.05, 0.1) is 17.7 Å². The molecule has 0 heterocycles. The predicted molar refractivity (Wildman–Crippen MR) is 59.6 cm³/mol. The summed E-state index contributed by atoms with van der Waals surface area (Å²) < 4.78 is 4.55. The highest BCUT2D eigenvalue weighted by atomic mass is 35.5. The van der Waals surface area contributed by atoms with Gasteiger partial charge in [0.15, 0.2) is 0 Å². The van der Waals surface area contributed by atoms with Crippen molar-refractivity contribution in [2.24, 2.45) is 0 Å². The van der Waals surface area contributed by atoms with Gasteiger partial charge in [0.1, 0.15) is 0 Å². The fourth-order valence-corrected chi connectivity index (χ4v) is 1.20. The van der Waals surface area contributed by atoms with Gasteiger partial charge in [-0.05, 0) is 18.2 Å². The first kappa shape index (κ1) is 13.1. The number of carbonyl (C=O) groups excluding carboxylic acids is 1. The van der Waals surface area contributed by atoms with Crippen molar-refractivity contribution < 1.29 is 9.53 Å². The van der Waals surface area contributed by atoms with Crippen molar-refractivity contribution in [3.8, 4) is 0 Å². The molecule has 0 radical (unpaired) electrons. The zero-order valence-electron chi connectivity index (χ0n) is 7.83. The molecule has 0 aliphatic heterocycles. The third kappa shape index (κ3) is 2.79. The van der Waals surface area contributed by atoms with Gasteiger partial charge in [0, 0.05) is 12.7 Å². The fourth-order valence-electron chi connectivity index (χ4n) is 0.946. The van der Waals surface area contributed by atoms with E-state index in [-0.39, 0.29) is 12.4 Å². The average Bonchev–Trinajstić information content (AvgIpc) is 2.16. The number of hydrogen-bond donors (Lipinski definition) is 1. The molecule has 0 amide bonds. The van der Waals surface area contributed by atoms with Crippen molar-refractivity contribution in [3.63, 3.8) is 0 Å². The van der Waals surface area contributed by atoms with Crippen LogP contribution in [0.15, 0.2) is 18.2 Å². The SMILES string of the molecule is CNc1ccc(C(=O)OC)c(Cl)c1.Cl. The molecule has 0 fully saturated rings. The number of rotatable bonds is 2. The highest BCUT2D eigenvalue weighted by Gasteiger charge is 2.09. The Labute approximate surface area is 93.8 Å². The second-order valence-electron chi connectivity index (χ2n) is 2.44. The van der Waals surface area contributed by atoms with Gasteiger partial charge in [-0.2, -0.15) is 0 Å². The van der Waals surface area contributed by atoms with Crippen LogP contribution < -0.4 is 5.32 Å². The monoisotopic (exact) mass is 235 g/mol. The van der Waals surface area contributed by atoms with Gasteiger partial charge in [-0.25, -0.2) is 4.79 Å². The quantitative estimate of drug-likeness (QED) is 0.802. The highest BCUT2D eigenvalue weighted by Crippen LogP contribution is 2.21. The minimum Gasteiger partial charge on any atom is -0.465 e. The van der Waals surface area contributed by atoms with E-state index in [1.54, 1.807) is 25.2 Å². The van der Waals surface area contributed by atoms with E-state index in [0.29, 0.717) is 10.6 Å². The summed E-state index contributed by atoms with van der Waals surface area (Å²) in [5.74, 6) is -0.423. The third-order valence-corrected chi connectivity index (χ3v) is 1.98. The van der Waals surface area contributed by atoms with Crippen LogP contribution in [0.4, 0.5) is 5.69 Å². The largest absolute Gasteiger partial charge is 0.465 e. The lowest BCUT2D eigenvalue weighted by Gasteiger charge is -2.04. The van der Waals surface area contributed by atoms with Gasteiger partial charge >= 0.3 is 5.97 Å². The second-order valence-corrected chi connectivity index (χ2v) is 2.84. The molecule has 0 saturated heterocycles. The molecule has 1 N–H and O–H groups in total. The van der Waals surface area contributed by atoms with E-state index in [4.69, 9.17) is 11.6 Å². The number of halogens is 2. The molecule has 0 saturated carbocycles. The Kier molecular flexibility index (Phi) is 5.35. The first-order chi connectivity index (χ1) is 6.19. The summed E-state index contributed by atoms with van der Waals surface area (Å²) >= 11 is 5.84. The third-order valence-electron chi connectivity index (χ3n) is 1.66. The van der Waals surface area contributed by atoms with E-state index < -0.39 is 5.97 Å². The molecule has 1 rings (SSSR count). The molecule has 0 spiro atoms. The molecule has 0 bridgehead atoms. The zero-order valence-corrected chi connectivity index (χ0v) is 9.41. The predicted octanol–water partition coefficient (Wildman–Crippen LogP) is 2.59. The number of methoxy groups -OCH3 is 1. The maximum absolute atomic E-state index is 11.1. The molecule has 1 aromatic carbocycles. The standard InChI is InChI=1S/C9H10ClNO2.ClH/c1-11-6-3-4-7(8(10)5-6)9(12)13-2;/h3-5,11H,1-2H3;1H. The van der Waals surface area contributed by atoms with Crippen LogP contribution in [0.5, 0.6) is 0 Å². The average molecular weight is 236 g/mol. The molecule has 0 aliphatic carbocycles. The van der Waals surface area contributed by atoms with Gasteiger partial charge in [-0.3, -0.25) is 0 Å². The van der Waals surface area contributed by atoms with Crippen LogP contribution in [0.2, 0.25) is 5.02 Å². The van der Waals surface area contributed by atoms with Crippen LogP contribution in [-0.2, 0) is 4.74 Å². The van der Waals surface area contributed by atoms with Gasteiger partial charge in [0.2, 0.25) is 0 Å². The smallest absolute Gasteiger partial charge is 0.339 e. The number of nitrogens with one attached hydrogen (secondary N) is 1. The minimum atomic E-state index is -0.423. The molecule has 78 valence electrons. The number of esters is 1. The Morgan fingerprint density at radius 3 is 2.57 bits per heavy atom. The Hall–Kier alpha value is -0.930. The summed E-state index contributed by atoms with van der Waals surface area (Å²) in [7, 11) is 3.11. The number of benzene rings is 1. The van der Waals surface area contributed by atoms with Crippen molar-refractivity contribution in [3.05, 3.63) is 28.8 Å². The van der Waals surface area contributed by atoms with Crippen LogP contribution >= 0.6 is 24.0 Å². The van der Waals surface area contributed by atoms with Crippen molar-refractivity contribution in [2.45, 2.75) is 0 Å². The first-order valence-electron chi connectivity index (χ1n) is 3.74. The topological polar surface area (TPSA) is 38.3 Å². The molecular weight excluding hydrogens is 225 g/mol. The first-order valence-corrected chi connectivity index (χ1v) is 4.12. The van der Waals surface area contributed by atoms with E-state index in [1.165, 1.54) is 7.11 Å². The Bertz CT molecular complexity index is 329. The molecule has 14 heavy (non-hydrogen) atoms. The van der Waals surface area contributed by atoms with Crippen molar-refractivity contribution in [1.82, 2.24) is 0 Å². The van der Waals surface area contributed by atoms with Crippen LogP contribution in [-0.4, -0.2) is 20.1 Å². The maximum atomic E-state index is 11.1. The lowest BCUT2D eigenvalue weighted by Crippen LogP contribution is -2.02. The van der Waals surface area contributed by atoms with Gasteiger partial charge < -0.3 is 10.1 Å². The molecule has 0 unspecified atom stereocenters. The molecule has 0 aliphatic rings. The van der Waals surface area contributed by atoms with E-state index in [1.807, 2.05) is 0 Å². The van der Waals surface area contributed by atoms with E-state index >= 15 is 0 Å². The van der Waals surface area contributed by atoms with Crippen molar-refractivity contribution >= 4 is 35.7 Å². The van der Waals surface area contributed by atoms with Crippen molar-refractivity contribution in [2.75, 3.05) is 19.5 Å². The maximum Gasteiger partial charge on any atom is 0.339 e. The highest BCUT2D eigenvalue weighted by molar-refractivity contribution is 6.33. The van der Waals surface area contributed by atoms with Gasteiger partial charge in [-0.15, -0.1) is 12.4 Å². The minimum absolute atomic E-state index is 0. The zero-order chi connectivity index (χ0) is 9.84. The summed E-state index contributed by atoms with van der Waals surface area (Å²) in [6, 6.07) is 5.06. The van der Waals surface area contributed by atoms with Crippen molar-refractivity contribution in [1.29, 1.82) is 0 Å². The van der Waals surface area contributed by atoms with E-state index in [9.17, 15) is 4.79 Å². The summed E-state index contributed by atoms with van der Waals surface area (Å²) in [6.45, 7) is 0. The van der Waals surface area contributed by atoms with E-state index in [0.717, 1.165) is 5.69 Å². The molecule has 0 aromatic heterocycles. The Morgan fingerprint density at radius 2 is 2.14 bits per heavy atom. The van der Waals surface area contributed by atoms with E-state index in [2.05, 4.69) is 10.1 Å². The van der Waals surface area contributed by atoms with Gasteiger partial charge in [0.25, 0.3) is 0 Å². The summed E-state index contributed by atoms with van der Waals surface area (Å²) in [5, 5.41) is 3.30. The molecule has 5 heteroatoms. The molecular formula is C9H11Cl2NO2. The lowest BCUT2D eigenvalue weighted by molar-refractivity contribution is 0.0601. The van der Waals surface area contributed by atoms with Crippen LogP contribution in [0.25, 0.3) is 0 Å². The number of anilines is 1. The number of ether oxygens (including phenoxy) is 1. The molecule has 0 atom stereocenters. The second kappa shape index (κ2) is 5.73. The summed E-state index contributed by atoms with van der Waals surface area (Å²) in [4.78, 5) is 11.1.